The number of nitrogens with zero attached hydrogens (tertiary/aromatic N) is 3. The van der Waals surface area contributed by atoms with E-state index in [-0.39, 0.29) is 6.42 Å². The molecule has 0 spiro atoms. The van der Waals surface area contributed by atoms with E-state index < -0.39 is 39.0 Å². The van der Waals surface area contributed by atoms with Crippen LogP contribution in [-0.2, 0) is 24.3 Å². The number of ether oxygens (including phenoxy) is 1. The molecule has 0 aromatic carbocycles. The zero-order chi connectivity index (χ0) is 13.2. The van der Waals surface area contributed by atoms with Crippen molar-refractivity contribution in [3.63, 3.8) is 0 Å². The monoisotopic (exact) mass is 261 g/mol. The maximum absolute atomic E-state index is 11.7. The highest BCUT2D eigenvalue weighted by molar-refractivity contribution is 7.90. The highest BCUT2D eigenvalue weighted by atomic mass is 32.2. The minimum atomic E-state index is -4.16. The number of hydrogen-bond donors (Lipinski definition) is 0. The Morgan fingerprint density at radius 3 is 2.41 bits per heavy atom. The van der Waals surface area contributed by atoms with Crippen molar-refractivity contribution in [2.45, 2.75) is 25.5 Å². The Balaban J connectivity index is 3.15. The first-order valence-corrected chi connectivity index (χ1v) is 6.34. The van der Waals surface area contributed by atoms with Gasteiger partial charge in [-0.05, 0) is 11.4 Å². The molecule has 0 aromatic heterocycles. The van der Waals surface area contributed by atoms with Crippen LogP contribution >= 0.6 is 0 Å². The molecule has 1 aliphatic rings. The number of sulfonamides is 1. The van der Waals surface area contributed by atoms with Crippen LogP contribution in [0.5, 0.6) is 0 Å². The van der Waals surface area contributed by atoms with Crippen molar-refractivity contribution in [3.8, 4) is 0 Å². The smallest absolute Gasteiger partial charge is 0.318 e. The van der Waals surface area contributed by atoms with Gasteiger partial charge in [-0.15, -0.1) is 0 Å². The minimum Gasteiger partial charge on any atom is -0.393 e. The van der Waals surface area contributed by atoms with Gasteiger partial charge in [0.2, 0.25) is 10.0 Å². The molecule has 0 bridgehead atoms. The van der Waals surface area contributed by atoms with Crippen LogP contribution in [0.15, 0.2) is 4.52 Å². The molecule has 2 atom stereocenters. The summed E-state index contributed by atoms with van der Waals surface area (Å²) in [4.78, 5) is 24.5. The summed E-state index contributed by atoms with van der Waals surface area (Å²) in [5.74, 6) is -3.22. The number of hydrogen-bond acceptors (Lipinski definition) is 5. The van der Waals surface area contributed by atoms with Crippen molar-refractivity contribution in [2.75, 3.05) is 0 Å². The molecule has 8 nitrogen and oxygen atoms in total. The van der Waals surface area contributed by atoms with E-state index in [1.807, 2.05) is 0 Å². The molecule has 1 rings (SSSR count). The second kappa shape index (κ2) is 4.72. The highest BCUT2D eigenvalue weighted by Crippen LogP contribution is 2.30. The summed E-state index contributed by atoms with van der Waals surface area (Å²) >= 11 is 0. The van der Waals surface area contributed by atoms with E-state index in [9.17, 15) is 18.0 Å². The fourth-order valence-corrected chi connectivity index (χ4v) is 3.39. The van der Waals surface area contributed by atoms with Gasteiger partial charge in [0.15, 0.2) is 0 Å². The van der Waals surface area contributed by atoms with Crippen molar-refractivity contribution < 1.29 is 22.7 Å². The van der Waals surface area contributed by atoms with Gasteiger partial charge in [-0.1, -0.05) is 13.8 Å². The molecule has 2 unspecified atom stereocenters. The normalized spacial score (nSPS) is 22.2. The molecule has 1 heterocycles. The molecular formula is C8H11N3O5S. The van der Waals surface area contributed by atoms with Gasteiger partial charge in [-0.3, -0.25) is 9.59 Å². The van der Waals surface area contributed by atoms with Gasteiger partial charge in [0, 0.05) is 9.43 Å². The number of cyclic esters (lactones) is 2. The number of azide groups is 1. The fourth-order valence-electron chi connectivity index (χ4n) is 1.86. The molecule has 0 N–H and O–H groups in total. The molecule has 9 heteroatoms. The van der Waals surface area contributed by atoms with Gasteiger partial charge in [-0.25, -0.2) is 8.42 Å². The first kappa shape index (κ1) is 13.5. The number of carbonyl (C=O) groups excluding carboxylic acids is 2. The zero-order valence-corrected chi connectivity index (χ0v) is 10.0. The van der Waals surface area contributed by atoms with Crippen molar-refractivity contribution in [2.24, 2.45) is 16.4 Å². The average Bonchev–Trinajstić information content (AvgIpc) is 2.44. The summed E-state index contributed by atoms with van der Waals surface area (Å²) in [5.41, 5.74) is 8.19. The first-order chi connectivity index (χ1) is 7.79. The van der Waals surface area contributed by atoms with E-state index in [0.717, 1.165) is 0 Å². The van der Waals surface area contributed by atoms with Gasteiger partial charge in [0.1, 0.15) is 0 Å². The lowest BCUT2D eigenvalue weighted by Crippen LogP contribution is -2.35. The van der Waals surface area contributed by atoms with Crippen molar-refractivity contribution >= 4 is 22.0 Å². The summed E-state index contributed by atoms with van der Waals surface area (Å²) in [6.45, 7) is 3.12. The Kier molecular flexibility index (Phi) is 3.74. The second-order valence-corrected chi connectivity index (χ2v) is 5.74. The molecule has 17 heavy (non-hydrogen) atoms. The van der Waals surface area contributed by atoms with Gasteiger partial charge in [0.05, 0.1) is 17.6 Å². The van der Waals surface area contributed by atoms with E-state index in [2.05, 4.69) is 14.2 Å². The summed E-state index contributed by atoms with van der Waals surface area (Å²) in [6.07, 6.45) is -0.304. The third-order valence-electron chi connectivity index (χ3n) is 2.45. The summed E-state index contributed by atoms with van der Waals surface area (Å²) in [7, 11) is -4.16. The van der Waals surface area contributed by atoms with Gasteiger partial charge in [0.25, 0.3) is 0 Å². The third kappa shape index (κ3) is 2.75. The van der Waals surface area contributed by atoms with E-state index in [1.165, 1.54) is 0 Å². The van der Waals surface area contributed by atoms with Crippen LogP contribution in [-0.4, -0.2) is 25.6 Å². The molecule has 0 aromatic rings. The quantitative estimate of drug-likeness (QED) is 0.242. The Bertz CT molecular complexity index is 491. The zero-order valence-electron chi connectivity index (χ0n) is 9.23. The Morgan fingerprint density at radius 2 is 2.06 bits per heavy atom. The third-order valence-corrected chi connectivity index (χ3v) is 4.31. The number of esters is 2. The Morgan fingerprint density at radius 1 is 1.47 bits per heavy atom. The molecule has 1 saturated heterocycles. The molecule has 1 aliphatic heterocycles. The molecule has 1 fully saturated rings. The van der Waals surface area contributed by atoms with Gasteiger partial charge >= 0.3 is 11.9 Å². The maximum atomic E-state index is 11.7. The highest BCUT2D eigenvalue weighted by Gasteiger charge is 2.46. The van der Waals surface area contributed by atoms with Gasteiger partial charge in [-0.2, -0.15) is 0 Å². The standard InChI is InChI=1S/C8H11N3O5S/c1-4(2)7(17(14,15)11-10-9)5-3-6(12)16-8(5)13/h4-5,7H,3H2,1-2H3. The maximum Gasteiger partial charge on any atom is 0.318 e. The average molecular weight is 261 g/mol. The van der Waals surface area contributed by atoms with Gasteiger partial charge < -0.3 is 4.74 Å². The van der Waals surface area contributed by atoms with Crippen LogP contribution in [0.4, 0.5) is 0 Å². The Hall–Kier alpha value is -1.60. The summed E-state index contributed by atoms with van der Waals surface area (Å²) in [6, 6.07) is 0. The largest absolute Gasteiger partial charge is 0.393 e. The minimum absolute atomic E-state index is 0.304. The van der Waals surface area contributed by atoms with Crippen LogP contribution in [0.25, 0.3) is 10.4 Å². The van der Waals surface area contributed by atoms with E-state index in [4.69, 9.17) is 5.53 Å². The fraction of sp³-hybridized carbons (Fsp3) is 0.750. The SMILES string of the molecule is CC(C)C(C1CC(=O)OC1=O)S(=O)(=O)N=[N+]=[N-]. The van der Waals surface area contributed by atoms with E-state index in [0.29, 0.717) is 0 Å². The predicted octanol–water partition coefficient (Wildman–Crippen LogP) is 0.741. The van der Waals surface area contributed by atoms with Crippen molar-refractivity contribution in [3.05, 3.63) is 10.4 Å². The lowest BCUT2D eigenvalue weighted by atomic mass is 9.95. The van der Waals surface area contributed by atoms with Crippen LogP contribution in [0.2, 0.25) is 0 Å². The summed E-state index contributed by atoms with van der Waals surface area (Å²) in [5, 5.41) is -1.24. The lowest BCUT2D eigenvalue weighted by molar-refractivity contribution is -0.153. The number of rotatable bonds is 4. The second-order valence-electron chi connectivity index (χ2n) is 4.00. The molecule has 0 amide bonds. The first-order valence-electron chi connectivity index (χ1n) is 4.84. The predicted molar refractivity (Wildman–Crippen MR) is 55.9 cm³/mol. The Labute approximate surface area is 97.6 Å². The van der Waals surface area contributed by atoms with Crippen LogP contribution in [0.3, 0.4) is 0 Å². The molecular weight excluding hydrogens is 250 g/mol. The van der Waals surface area contributed by atoms with Crippen LogP contribution < -0.4 is 0 Å². The van der Waals surface area contributed by atoms with Crippen LogP contribution in [0.1, 0.15) is 20.3 Å². The topological polar surface area (TPSA) is 126 Å². The number of carbonyl (C=O) groups is 2. The van der Waals surface area contributed by atoms with Crippen molar-refractivity contribution in [1.82, 2.24) is 0 Å². The summed E-state index contributed by atoms with van der Waals surface area (Å²) < 4.78 is 30.4. The lowest BCUT2D eigenvalue weighted by Gasteiger charge is -2.21. The molecule has 94 valence electrons. The molecule has 0 saturated carbocycles. The van der Waals surface area contributed by atoms with E-state index >= 15 is 0 Å². The van der Waals surface area contributed by atoms with Crippen LogP contribution in [0, 0.1) is 11.8 Å². The molecule has 0 aliphatic carbocycles. The van der Waals surface area contributed by atoms with Crippen molar-refractivity contribution in [1.29, 1.82) is 0 Å². The van der Waals surface area contributed by atoms with E-state index in [1.54, 1.807) is 13.8 Å². The molecule has 0 radical (unpaired) electrons.